The van der Waals surface area contributed by atoms with Crippen LogP contribution < -0.4 is 5.32 Å². The van der Waals surface area contributed by atoms with Crippen molar-refractivity contribution in [1.82, 2.24) is 5.32 Å². The molecule has 1 aromatic rings. The van der Waals surface area contributed by atoms with E-state index >= 15 is 0 Å². The topological polar surface area (TPSA) is 45.0 Å². The highest BCUT2D eigenvalue weighted by atomic mass is 16.5. The van der Waals surface area contributed by atoms with Crippen molar-refractivity contribution < 1.29 is 4.74 Å². The van der Waals surface area contributed by atoms with Crippen molar-refractivity contribution in [3.8, 4) is 6.07 Å². The van der Waals surface area contributed by atoms with E-state index in [4.69, 9.17) is 4.74 Å². The molecule has 0 amide bonds. The van der Waals surface area contributed by atoms with Gasteiger partial charge >= 0.3 is 0 Å². The Hall–Kier alpha value is -1.37. The second-order valence-electron chi connectivity index (χ2n) is 4.59. The maximum Gasteiger partial charge on any atom is 0.155 e. The molecule has 3 heteroatoms. The van der Waals surface area contributed by atoms with E-state index in [1.807, 2.05) is 30.3 Å². The zero-order valence-corrected chi connectivity index (χ0v) is 10.1. The fourth-order valence-corrected chi connectivity index (χ4v) is 1.84. The van der Waals surface area contributed by atoms with Gasteiger partial charge in [-0.25, -0.2) is 0 Å². The van der Waals surface area contributed by atoms with Crippen LogP contribution >= 0.6 is 0 Å². The zero-order valence-electron chi connectivity index (χ0n) is 10.1. The molecule has 1 aromatic carbocycles. The molecule has 1 unspecified atom stereocenters. The van der Waals surface area contributed by atoms with Gasteiger partial charge in [0.25, 0.3) is 0 Å². The van der Waals surface area contributed by atoms with E-state index in [0.717, 1.165) is 18.1 Å². The smallest absolute Gasteiger partial charge is 0.155 e. The summed E-state index contributed by atoms with van der Waals surface area (Å²) in [6.07, 6.45) is 2.54. The number of nitrogens with one attached hydrogen (secondary N) is 1. The van der Waals surface area contributed by atoms with E-state index in [0.29, 0.717) is 6.61 Å². The number of nitriles is 1. The Morgan fingerprint density at radius 3 is 2.65 bits per heavy atom. The summed E-state index contributed by atoms with van der Waals surface area (Å²) in [7, 11) is 1.80. The third-order valence-corrected chi connectivity index (χ3v) is 3.25. The van der Waals surface area contributed by atoms with Gasteiger partial charge in [-0.05, 0) is 31.4 Å². The molecule has 0 spiro atoms. The SMILES string of the molecule is CNC(C#N)(COCC1CC1)c1ccccc1. The summed E-state index contributed by atoms with van der Waals surface area (Å²) in [5.41, 5.74) is 0.233. The molecular formula is C14H18N2O. The van der Waals surface area contributed by atoms with Crippen molar-refractivity contribution in [2.75, 3.05) is 20.3 Å². The molecule has 17 heavy (non-hydrogen) atoms. The zero-order chi connectivity index (χ0) is 12.1. The van der Waals surface area contributed by atoms with Crippen LogP contribution in [-0.2, 0) is 10.3 Å². The van der Waals surface area contributed by atoms with Crippen LogP contribution in [0, 0.1) is 17.2 Å². The molecule has 90 valence electrons. The third-order valence-electron chi connectivity index (χ3n) is 3.25. The van der Waals surface area contributed by atoms with Crippen LogP contribution in [0.15, 0.2) is 30.3 Å². The van der Waals surface area contributed by atoms with Crippen LogP contribution in [-0.4, -0.2) is 20.3 Å². The molecule has 1 aliphatic carbocycles. The van der Waals surface area contributed by atoms with Crippen LogP contribution in [0.25, 0.3) is 0 Å². The van der Waals surface area contributed by atoms with Gasteiger partial charge < -0.3 is 4.74 Å². The average molecular weight is 230 g/mol. The largest absolute Gasteiger partial charge is 0.378 e. The summed E-state index contributed by atoms with van der Waals surface area (Å²) < 4.78 is 5.67. The summed E-state index contributed by atoms with van der Waals surface area (Å²) in [4.78, 5) is 0. The molecule has 3 nitrogen and oxygen atoms in total. The van der Waals surface area contributed by atoms with E-state index in [-0.39, 0.29) is 0 Å². The van der Waals surface area contributed by atoms with E-state index < -0.39 is 5.54 Å². The Morgan fingerprint density at radius 1 is 1.41 bits per heavy atom. The van der Waals surface area contributed by atoms with Crippen molar-refractivity contribution in [1.29, 1.82) is 5.26 Å². The van der Waals surface area contributed by atoms with Gasteiger partial charge in [-0.15, -0.1) is 0 Å². The minimum atomic E-state index is -0.726. The number of hydrogen-bond donors (Lipinski definition) is 1. The van der Waals surface area contributed by atoms with Gasteiger partial charge in [-0.3, -0.25) is 5.32 Å². The van der Waals surface area contributed by atoms with Gasteiger partial charge in [0.2, 0.25) is 0 Å². The highest BCUT2D eigenvalue weighted by molar-refractivity contribution is 5.31. The lowest BCUT2D eigenvalue weighted by molar-refractivity contribution is 0.0838. The molecule has 1 N–H and O–H groups in total. The van der Waals surface area contributed by atoms with Gasteiger partial charge in [0.1, 0.15) is 0 Å². The van der Waals surface area contributed by atoms with Gasteiger partial charge in [0.05, 0.1) is 12.7 Å². The second-order valence-corrected chi connectivity index (χ2v) is 4.59. The van der Waals surface area contributed by atoms with Crippen molar-refractivity contribution in [3.63, 3.8) is 0 Å². The Bertz CT molecular complexity index is 394. The highest BCUT2D eigenvalue weighted by Crippen LogP contribution is 2.29. The van der Waals surface area contributed by atoms with Gasteiger partial charge in [0.15, 0.2) is 5.54 Å². The molecule has 1 saturated carbocycles. The van der Waals surface area contributed by atoms with Crippen molar-refractivity contribution >= 4 is 0 Å². The van der Waals surface area contributed by atoms with Gasteiger partial charge in [-0.1, -0.05) is 30.3 Å². The van der Waals surface area contributed by atoms with Crippen LogP contribution in [0.5, 0.6) is 0 Å². The predicted molar refractivity (Wildman–Crippen MR) is 66.3 cm³/mol. The summed E-state index contributed by atoms with van der Waals surface area (Å²) in [5.74, 6) is 0.721. The number of benzene rings is 1. The number of nitrogens with zero attached hydrogens (tertiary/aromatic N) is 1. The van der Waals surface area contributed by atoms with Crippen LogP contribution in [0.4, 0.5) is 0 Å². The predicted octanol–water partition coefficient (Wildman–Crippen LogP) is 2.05. The monoisotopic (exact) mass is 230 g/mol. The Morgan fingerprint density at radius 2 is 2.12 bits per heavy atom. The fraction of sp³-hybridized carbons (Fsp3) is 0.500. The molecular weight excluding hydrogens is 212 g/mol. The fourth-order valence-electron chi connectivity index (χ4n) is 1.84. The molecule has 0 radical (unpaired) electrons. The summed E-state index contributed by atoms with van der Waals surface area (Å²) >= 11 is 0. The van der Waals surface area contributed by atoms with Crippen molar-refractivity contribution in [2.45, 2.75) is 18.4 Å². The Labute approximate surface area is 102 Å². The lowest BCUT2D eigenvalue weighted by atomic mass is 9.92. The number of likely N-dealkylation sites (N-methyl/N-ethyl adjacent to an activating group) is 1. The summed E-state index contributed by atoms with van der Waals surface area (Å²) in [5, 5.41) is 12.5. The Balaban J connectivity index is 2.05. The minimum Gasteiger partial charge on any atom is -0.378 e. The summed E-state index contributed by atoms with van der Waals surface area (Å²) in [6, 6.07) is 12.1. The number of rotatable bonds is 6. The first-order valence-corrected chi connectivity index (χ1v) is 6.04. The molecule has 0 aliphatic heterocycles. The standard InChI is InChI=1S/C14H18N2O/c1-16-14(10-15,11-17-9-12-7-8-12)13-5-3-2-4-6-13/h2-6,12,16H,7-9,11H2,1H3. The van der Waals surface area contributed by atoms with Crippen LogP contribution in [0.3, 0.4) is 0 Å². The van der Waals surface area contributed by atoms with E-state index in [2.05, 4.69) is 11.4 Å². The van der Waals surface area contributed by atoms with Crippen LogP contribution in [0.2, 0.25) is 0 Å². The third kappa shape index (κ3) is 2.85. The average Bonchev–Trinajstić information content (AvgIpc) is 3.20. The number of ether oxygens (including phenoxy) is 1. The molecule has 1 fully saturated rings. The molecule has 2 rings (SSSR count). The molecule has 0 heterocycles. The van der Waals surface area contributed by atoms with E-state index in [1.165, 1.54) is 12.8 Å². The maximum atomic E-state index is 9.42. The van der Waals surface area contributed by atoms with Gasteiger partial charge in [0, 0.05) is 6.61 Å². The lowest BCUT2D eigenvalue weighted by Crippen LogP contribution is -2.43. The summed E-state index contributed by atoms with van der Waals surface area (Å²) in [6.45, 7) is 1.18. The van der Waals surface area contributed by atoms with Gasteiger partial charge in [-0.2, -0.15) is 5.26 Å². The second kappa shape index (κ2) is 5.31. The number of hydrogen-bond acceptors (Lipinski definition) is 3. The highest BCUT2D eigenvalue weighted by Gasteiger charge is 2.32. The molecule has 0 saturated heterocycles. The molecule has 0 aromatic heterocycles. The Kier molecular flexibility index (Phi) is 3.78. The van der Waals surface area contributed by atoms with Crippen molar-refractivity contribution in [3.05, 3.63) is 35.9 Å². The molecule has 0 bridgehead atoms. The minimum absolute atomic E-state index is 0.403. The normalized spacial score (nSPS) is 18.4. The first-order valence-electron chi connectivity index (χ1n) is 6.04. The first kappa shape index (κ1) is 12.1. The first-order chi connectivity index (χ1) is 8.30. The van der Waals surface area contributed by atoms with E-state index in [1.54, 1.807) is 7.05 Å². The molecule has 1 atom stereocenters. The molecule has 1 aliphatic rings. The van der Waals surface area contributed by atoms with Crippen LogP contribution in [0.1, 0.15) is 18.4 Å². The van der Waals surface area contributed by atoms with Crippen molar-refractivity contribution in [2.24, 2.45) is 5.92 Å². The quantitative estimate of drug-likeness (QED) is 0.813. The lowest BCUT2D eigenvalue weighted by Gasteiger charge is -2.26. The maximum absolute atomic E-state index is 9.42. The van der Waals surface area contributed by atoms with E-state index in [9.17, 15) is 5.26 Å².